The van der Waals surface area contributed by atoms with Crippen molar-refractivity contribution in [2.45, 2.75) is 23.3 Å². The van der Waals surface area contributed by atoms with E-state index in [1.54, 1.807) is 30.1 Å². The van der Waals surface area contributed by atoms with E-state index in [0.717, 1.165) is 43.6 Å². The molecule has 0 aliphatic rings. The number of aromatic hydroxyl groups is 1. The van der Waals surface area contributed by atoms with E-state index in [2.05, 4.69) is 15.3 Å². The van der Waals surface area contributed by atoms with Crippen molar-refractivity contribution in [1.82, 2.24) is 9.97 Å². The van der Waals surface area contributed by atoms with Crippen LogP contribution in [-0.4, -0.2) is 15.1 Å². The maximum Gasteiger partial charge on any atom is 0.161 e. The summed E-state index contributed by atoms with van der Waals surface area (Å²) in [7, 11) is 0. The molecule has 5 nitrogen and oxygen atoms in total. The lowest BCUT2D eigenvalue weighted by Crippen LogP contribution is -1.99. The third-order valence-electron chi connectivity index (χ3n) is 5.35. The number of pyridine rings is 2. The minimum atomic E-state index is 0.240. The molecule has 0 aliphatic heterocycles. The molecular formula is C28H22ClN3O2S. The van der Waals surface area contributed by atoms with Gasteiger partial charge in [0.2, 0.25) is 0 Å². The van der Waals surface area contributed by atoms with Crippen molar-refractivity contribution in [3.05, 3.63) is 107 Å². The zero-order valence-corrected chi connectivity index (χ0v) is 20.5. The van der Waals surface area contributed by atoms with Crippen molar-refractivity contribution >= 4 is 45.8 Å². The van der Waals surface area contributed by atoms with Gasteiger partial charge in [0, 0.05) is 38.2 Å². The van der Waals surface area contributed by atoms with Gasteiger partial charge in [0.05, 0.1) is 11.4 Å². The van der Waals surface area contributed by atoms with E-state index < -0.39 is 0 Å². The van der Waals surface area contributed by atoms with E-state index in [0.29, 0.717) is 17.3 Å². The Kier molecular flexibility index (Phi) is 6.75. The van der Waals surface area contributed by atoms with Gasteiger partial charge in [-0.3, -0.25) is 0 Å². The van der Waals surface area contributed by atoms with Crippen molar-refractivity contribution in [2.24, 2.45) is 0 Å². The minimum Gasteiger partial charge on any atom is -0.508 e. The van der Waals surface area contributed by atoms with Crippen LogP contribution in [0.5, 0.6) is 11.5 Å². The number of halogens is 1. The van der Waals surface area contributed by atoms with Crippen molar-refractivity contribution in [2.75, 3.05) is 5.32 Å². The first-order chi connectivity index (χ1) is 17.0. The van der Waals surface area contributed by atoms with Crippen molar-refractivity contribution in [1.29, 1.82) is 0 Å². The first-order valence-corrected chi connectivity index (χ1v) is 12.2. The topological polar surface area (TPSA) is 67.3 Å². The first kappa shape index (κ1) is 23.0. The Morgan fingerprint density at radius 1 is 0.914 bits per heavy atom. The van der Waals surface area contributed by atoms with E-state index in [4.69, 9.17) is 16.3 Å². The molecule has 0 bridgehead atoms. The second-order valence-electron chi connectivity index (χ2n) is 7.98. The summed E-state index contributed by atoms with van der Waals surface area (Å²) in [6.45, 7) is 2.39. The van der Waals surface area contributed by atoms with Gasteiger partial charge in [0.15, 0.2) is 5.65 Å². The van der Waals surface area contributed by atoms with Crippen molar-refractivity contribution in [3.8, 4) is 11.5 Å². The number of nitrogens with zero attached hydrogens (tertiary/aromatic N) is 2. The molecule has 0 amide bonds. The largest absolute Gasteiger partial charge is 0.508 e. The number of aromatic nitrogens is 2. The SMILES string of the molecule is Cc1ccc2c(Nc3cc(OCc4ccc(Cl)cc4)ccc3Sc3ccc(O)cc3)ccnc2n1. The van der Waals surface area contributed by atoms with Gasteiger partial charge in [0.25, 0.3) is 0 Å². The number of hydrogen-bond donors (Lipinski definition) is 2. The number of aryl methyl sites for hydroxylation is 1. The molecule has 0 fully saturated rings. The van der Waals surface area contributed by atoms with Crippen LogP contribution in [0.2, 0.25) is 5.02 Å². The smallest absolute Gasteiger partial charge is 0.161 e. The van der Waals surface area contributed by atoms with E-state index in [-0.39, 0.29) is 5.75 Å². The van der Waals surface area contributed by atoms with Crippen LogP contribution in [0.3, 0.4) is 0 Å². The molecule has 0 spiro atoms. The lowest BCUT2D eigenvalue weighted by molar-refractivity contribution is 0.306. The second kappa shape index (κ2) is 10.3. The highest BCUT2D eigenvalue weighted by atomic mass is 35.5. The number of rotatable bonds is 7. The van der Waals surface area contributed by atoms with Crippen LogP contribution in [0, 0.1) is 6.92 Å². The number of ether oxygens (including phenoxy) is 1. The fraction of sp³-hybridized carbons (Fsp3) is 0.0714. The Morgan fingerprint density at radius 3 is 2.51 bits per heavy atom. The number of nitrogens with one attached hydrogen (secondary N) is 1. The Balaban J connectivity index is 1.47. The van der Waals surface area contributed by atoms with Gasteiger partial charge in [-0.2, -0.15) is 0 Å². The third kappa shape index (κ3) is 5.67. The van der Waals surface area contributed by atoms with E-state index in [1.165, 1.54) is 0 Å². The average Bonchev–Trinajstić information content (AvgIpc) is 2.86. The molecule has 2 N–H and O–H groups in total. The van der Waals surface area contributed by atoms with E-state index in [1.807, 2.05) is 79.7 Å². The molecule has 7 heteroatoms. The molecular weight excluding hydrogens is 478 g/mol. The molecule has 5 aromatic rings. The molecule has 0 radical (unpaired) electrons. The van der Waals surface area contributed by atoms with Crippen LogP contribution in [0.25, 0.3) is 11.0 Å². The Hall–Kier alpha value is -3.74. The summed E-state index contributed by atoms with van der Waals surface area (Å²) in [6, 6.07) is 26.7. The highest BCUT2D eigenvalue weighted by molar-refractivity contribution is 7.99. The summed E-state index contributed by atoms with van der Waals surface area (Å²) >= 11 is 7.59. The zero-order chi connectivity index (χ0) is 24.2. The molecule has 174 valence electrons. The number of anilines is 2. The molecule has 3 aromatic carbocycles. The van der Waals surface area contributed by atoms with Crippen LogP contribution in [0.15, 0.2) is 101 Å². The number of hydrogen-bond acceptors (Lipinski definition) is 6. The summed E-state index contributed by atoms with van der Waals surface area (Å²) in [5, 5.41) is 14.8. The highest BCUT2D eigenvalue weighted by Crippen LogP contribution is 2.38. The van der Waals surface area contributed by atoms with Gasteiger partial charge in [-0.25, -0.2) is 9.97 Å². The van der Waals surface area contributed by atoms with Crippen LogP contribution in [0.4, 0.5) is 11.4 Å². The molecule has 0 aliphatic carbocycles. The fourth-order valence-electron chi connectivity index (χ4n) is 3.55. The summed E-state index contributed by atoms with van der Waals surface area (Å²) in [6.07, 6.45) is 1.75. The predicted molar refractivity (Wildman–Crippen MR) is 142 cm³/mol. The number of fused-ring (bicyclic) bond motifs is 1. The maximum atomic E-state index is 9.64. The Morgan fingerprint density at radius 2 is 1.71 bits per heavy atom. The minimum absolute atomic E-state index is 0.240. The first-order valence-electron chi connectivity index (χ1n) is 11.0. The van der Waals surface area contributed by atoms with Crippen molar-refractivity contribution < 1.29 is 9.84 Å². The summed E-state index contributed by atoms with van der Waals surface area (Å²) in [4.78, 5) is 11.0. The number of phenolic OH excluding ortho intramolecular Hbond substituents is 1. The van der Waals surface area contributed by atoms with Crippen molar-refractivity contribution in [3.63, 3.8) is 0 Å². The van der Waals surface area contributed by atoms with Crippen LogP contribution in [-0.2, 0) is 6.61 Å². The molecule has 2 aromatic heterocycles. The van der Waals surface area contributed by atoms with Gasteiger partial charge in [-0.1, -0.05) is 35.5 Å². The molecule has 2 heterocycles. The Labute approximate surface area is 212 Å². The van der Waals surface area contributed by atoms with E-state index >= 15 is 0 Å². The lowest BCUT2D eigenvalue weighted by Gasteiger charge is -2.16. The molecule has 5 rings (SSSR count). The molecule has 0 atom stereocenters. The van der Waals surface area contributed by atoms with Crippen LogP contribution < -0.4 is 10.1 Å². The predicted octanol–water partition coefficient (Wildman–Crippen LogP) is 7.77. The van der Waals surface area contributed by atoms with E-state index in [9.17, 15) is 5.11 Å². The molecule has 35 heavy (non-hydrogen) atoms. The van der Waals surface area contributed by atoms with Gasteiger partial charge in [0.1, 0.15) is 18.1 Å². The molecule has 0 saturated carbocycles. The lowest BCUT2D eigenvalue weighted by atomic mass is 10.2. The summed E-state index contributed by atoms with van der Waals surface area (Å²) < 4.78 is 6.08. The normalized spacial score (nSPS) is 10.9. The van der Waals surface area contributed by atoms with Crippen LogP contribution >= 0.6 is 23.4 Å². The standard InChI is InChI=1S/C28H22ClN3O2S/c1-18-2-12-24-25(14-15-30-28(24)31-18)32-26-16-22(34-17-19-3-5-20(29)6-4-19)9-13-27(26)35-23-10-7-21(33)8-11-23/h2-16,33H,17H2,1H3,(H,30,31,32). The number of benzene rings is 3. The monoisotopic (exact) mass is 499 g/mol. The quantitative estimate of drug-likeness (QED) is 0.238. The fourth-order valence-corrected chi connectivity index (χ4v) is 4.56. The molecule has 0 unspecified atom stereocenters. The zero-order valence-electron chi connectivity index (χ0n) is 18.9. The van der Waals surface area contributed by atoms with Crippen LogP contribution in [0.1, 0.15) is 11.3 Å². The highest BCUT2D eigenvalue weighted by Gasteiger charge is 2.11. The summed E-state index contributed by atoms with van der Waals surface area (Å²) in [5.41, 5.74) is 4.45. The number of phenols is 1. The van der Waals surface area contributed by atoms with Gasteiger partial charge in [-0.05, 0) is 79.2 Å². The second-order valence-corrected chi connectivity index (χ2v) is 9.53. The maximum absolute atomic E-state index is 9.64. The summed E-state index contributed by atoms with van der Waals surface area (Å²) in [5.74, 6) is 0.981. The third-order valence-corrected chi connectivity index (χ3v) is 6.68. The Bertz CT molecular complexity index is 1470. The van der Waals surface area contributed by atoms with Gasteiger partial charge < -0.3 is 15.2 Å². The molecule has 0 saturated heterocycles. The van der Waals surface area contributed by atoms with Gasteiger partial charge >= 0.3 is 0 Å². The van der Waals surface area contributed by atoms with Gasteiger partial charge in [-0.15, -0.1) is 0 Å². The average molecular weight is 500 g/mol.